The Bertz CT molecular complexity index is 1650. The third-order valence-corrected chi connectivity index (χ3v) is 14.9. The van der Waals surface area contributed by atoms with Crippen molar-refractivity contribution in [2.75, 3.05) is 39.6 Å². The molecule has 5 atom stereocenters. The fraction of sp³-hybridized carbons (Fsp3) is 0.820. The molecule has 462 valence electrons. The van der Waals surface area contributed by atoms with Gasteiger partial charge in [0.2, 0.25) is 0 Å². The summed E-state index contributed by atoms with van der Waals surface area (Å²) in [4.78, 5) is 58.0. The Morgan fingerprint density at radius 2 is 0.646 bits per heavy atom. The quantitative estimate of drug-likeness (QED) is 0.0146. The number of carbonyl (C=O) groups is 3. The molecule has 0 heterocycles. The topological polar surface area (TPSA) is 231 Å². The Morgan fingerprint density at radius 1 is 0.354 bits per heavy atom. The largest absolute Gasteiger partial charge is 0.472 e. The van der Waals surface area contributed by atoms with Crippen LogP contribution in [0.15, 0.2) is 48.6 Å². The number of unbranched alkanes of at least 4 members (excludes halogenated alkanes) is 28. The molecular formula is C61H112O16P2. The predicted octanol–water partition coefficient (Wildman–Crippen LogP) is 16.1. The van der Waals surface area contributed by atoms with Crippen molar-refractivity contribution in [2.45, 2.75) is 283 Å². The van der Waals surface area contributed by atoms with Gasteiger partial charge in [-0.1, -0.05) is 217 Å². The number of aliphatic hydroxyl groups is 2. The lowest BCUT2D eigenvalue weighted by Gasteiger charge is -2.21. The summed E-state index contributed by atoms with van der Waals surface area (Å²) in [6.07, 6.45) is 51.8. The van der Waals surface area contributed by atoms with Crippen LogP contribution in [0, 0.1) is 0 Å². The van der Waals surface area contributed by atoms with Crippen LogP contribution in [0.2, 0.25) is 0 Å². The van der Waals surface area contributed by atoms with Gasteiger partial charge in [0.05, 0.1) is 26.4 Å². The van der Waals surface area contributed by atoms with Gasteiger partial charge in [0.1, 0.15) is 25.4 Å². The maximum atomic E-state index is 12.8. The molecule has 0 aliphatic rings. The van der Waals surface area contributed by atoms with Crippen molar-refractivity contribution >= 4 is 33.6 Å². The molecule has 0 saturated heterocycles. The minimum atomic E-state index is -4.91. The van der Waals surface area contributed by atoms with Crippen LogP contribution in [0.4, 0.5) is 0 Å². The Morgan fingerprint density at radius 3 is 1.08 bits per heavy atom. The van der Waals surface area contributed by atoms with E-state index in [1.165, 1.54) is 96.3 Å². The maximum Gasteiger partial charge on any atom is 0.472 e. The molecular weight excluding hydrogens is 1050 g/mol. The van der Waals surface area contributed by atoms with Gasteiger partial charge in [0.15, 0.2) is 6.10 Å². The fourth-order valence-corrected chi connectivity index (χ4v) is 9.79. The molecule has 0 aromatic heterocycles. The van der Waals surface area contributed by atoms with Crippen molar-refractivity contribution in [2.24, 2.45) is 0 Å². The summed E-state index contributed by atoms with van der Waals surface area (Å²) in [5.74, 6) is -1.59. The lowest BCUT2D eigenvalue weighted by Crippen LogP contribution is -2.30. The fourth-order valence-electron chi connectivity index (χ4n) is 8.20. The summed E-state index contributed by atoms with van der Waals surface area (Å²) < 4.78 is 60.6. The standard InChI is InChI=1S/C61H112O16P2/c1-4-7-10-13-16-19-22-24-25-26-27-28-29-31-34-35-38-41-44-47-59(64)71-50-56(62)51-73-78(67,68)74-52-57(63)53-75-79(69,70)76-55-58(77-61(66)49-46-43-40-37-32-21-18-15-12-9-6-3)54-72-60(65)48-45-42-39-36-33-30-23-20-17-14-11-8-5-2/h15-16,18-19,24-25,27-28,56-58,62-63H,4-14,17,20-23,26,29-55H2,1-3H3,(H,67,68)(H,69,70)/b18-15-,19-16-,25-24-,28-27-. The van der Waals surface area contributed by atoms with Crippen molar-refractivity contribution in [1.29, 1.82) is 0 Å². The van der Waals surface area contributed by atoms with E-state index in [0.29, 0.717) is 19.3 Å². The normalized spacial score (nSPS) is 14.8. The van der Waals surface area contributed by atoms with Crippen molar-refractivity contribution in [3.05, 3.63) is 48.6 Å². The molecule has 0 aromatic rings. The average molecular weight is 1160 g/mol. The van der Waals surface area contributed by atoms with Gasteiger partial charge >= 0.3 is 33.6 Å². The smallest absolute Gasteiger partial charge is 0.463 e. The molecule has 0 spiro atoms. The summed E-state index contributed by atoms with van der Waals surface area (Å²) >= 11 is 0. The third kappa shape index (κ3) is 57.1. The van der Waals surface area contributed by atoms with E-state index in [4.69, 9.17) is 32.3 Å². The molecule has 0 aromatic carbocycles. The highest BCUT2D eigenvalue weighted by molar-refractivity contribution is 7.47. The second-order valence-electron chi connectivity index (χ2n) is 20.9. The summed E-state index contributed by atoms with van der Waals surface area (Å²) in [5, 5.41) is 20.5. The van der Waals surface area contributed by atoms with E-state index in [-0.39, 0.29) is 19.3 Å². The van der Waals surface area contributed by atoms with E-state index >= 15 is 0 Å². The Balaban J connectivity index is 4.58. The number of phosphoric ester groups is 2. The summed E-state index contributed by atoms with van der Waals surface area (Å²) in [5.41, 5.74) is 0. The van der Waals surface area contributed by atoms with E-state index in [1.807, 2.05) is 0 Å². The lowest BCUT2D eigenvalue weighted by atomic mass is 10.0. The summed E-state index contributed by atoms with van der Waals surface area (Å²) in [6.45, 7) is 2.58. The van der Waals surface area contributed by atoms with E-state index in [2.05, 4.69) is 69.4 Å². The van der Waals surface area contributed by atoms with Crippen LogP contribution < -0.4 is 0 Å². The highest BCUT2D eigenvalue weighted by atomic mass is 31.2. The van der Waals surface area contributed by atoms with Crippen LogP contribution in [-0.2, 0) is 55.8 Å². The highest BCUT2D eigenvalue weighted by Crippen LogP contribution is 2.45. The van der Waals surface area contributed by atoms with E-state index in [1.54, 1.807) is 0 Å². The van der Waals surface area contributed by atoms with Crippen molar-refractivity contribution < 1.29 is 75.8 Å². The Labute approximate surface area is 478 Å². The molecule has 0 bridgehead atoms. The highest BCUT2D eigenvalue weighted by Gasteiger charge is 2.29. The molecule has 0 fully saturated rings. The number of hydrogen-bond donors (Lipinski definition) is 4. The molecule has 18 heteroatoms. The van der Waals surface area contributed by atoms with Crippen molar-refractivity contribution in [3.8, 4) is 0 Å². The van der Waals surface area contributed by atoms with Gasteiger partial charge in [-0.25, -0.2) is 9.13 Å². The number of rotatable bonds is 59. The Kier molecular flexibility index (Phi) is 54.2. The van der Waals surface area contributed by atoms with E-state index < -0.39 is 91.5 Å². The van der Waals surface area contributed by atoms with Crippen LogP contribution in [0.1, 0.15) is 265 Å². The van der Waals surface area contributed by atoms with Crippen LogP contribution in [0.5, 0.6) is 0 Å². The number of allylic oxidation sites excluding steroid dienone is 8. The van der Waals surface area contributed by atoms with Crippen LogP contribution in [0.25, 0.3) is 0 Å². The molecule has 0 saturated carbocycles. The first-order chi connectivity index (χ1) is 38.2. The van der Waals surface area contributed by atoms with Gasteiger partial charge < -0.3 is 34.2 Å². The number of aliphatic hydroxyl groups excluding tert-OH is 2. The second-order valence-corrected chi connectivity index (χ2v) is 23.8. The second kappa shape index (κ2) is 56.0. The molecule has 0 aliphatic heterocycles. The number of hydrogen-bond acceptors (Lipinski definition) is 14. The zero-order chi connectivity index (χ0) is 58.2. The third-order valence-electron chi connectivity index (χ3n) is 13.0. The summed E-state index contributed by atoms with van der Waals surface area (Å²) in [6, 6.07) is 0. The summed E-state index contributed by atoms with van der Waals surface area (Å²) in [7, 11) is -9.75. The van der Waals surface area contributed by atoms with Crippen LogP contribution in [-0.4, -0.2) is 95.9 Å². The first kappa shape index (κ1) is 76.5. The minimum absolute atomic E-state index is 0.0984. The predicted molar refractivity (Wildman–Crippen MR) is 316 cm³/mol. The van der Waals surface area contributed by atoms with Gasteiger partial charge in [-0.2, -0.15) is 0 Å². The van der Waals surface area contributed by atoms with E-state index in [9.17, 15) is 43.5 Å². The van der Waals surface area contributed by atoms with E-state index in [0.717, 1.165) is 109 Å². The zero-order valence-corrected chi connectivity index (χ0v) is 51.3. The van der Waals surface area contributed by atoms with Crippen molar-refractivity contribution in [3.63, 3.8) is 0 Å². The Hall–Kier alpha value is -2.49. The van der Waals surface area contributed by atoms with Gasteiger partial charge in [0, 0.05) is 19.3 Å². The molecule has 79 heavy (non-hydrogen) atoms. The maximum absolute atomic E-state index is 12.8. The molecule has 4 N–H and O–H groups in total. The average Bonchev–Trinajstić information content (AvgIpc) is 3.42. The van der Waals surface area contributed by atoms with Crippen LogP contribution in [0.3, 0.4) is 0 Å². The van der Waals surface area contributed by atoms with Gasteiger partial charge in [0.25, 0.3) is 0 Å². The SMILES string of the molecule is CCCC/C=C\CCCCCCCC(=O)OC(COC(=O)CCCCCCCCCCCCCCC)COP(=O)(O)OCC(O)COP(=O)(O)OCC(O)COC(=O)CCCCCCCC/C=C\C/C=C\C/C=C\CCCCC. The van der Waals surface area contributed by atoms with Gasteiger partial charge in [-0.3, -0.25) is 32.5 Å². The number of esters is 3. The van der Waals surface area contributed by atoms with Gasteiger partial charge in [-0.15, -0.1) is 0 Å². The first-order valence-corrected chi connectivity index (χ1v) is 33.9. The zero-order valence-electron chi connectivity index (χ0n) is 49.5. The molecule has 16 nitrogen and oxygen atoms in total. The molecule has 0 aliphatic carbocycles. The minimum Gasteiger partial charge on any atom is -0.463 e. The number of carbonyl (C=O) groups excluding carboxylic acids is 3. The molecule has 0 amide bonds. The monoisotopic (exact) mass is 1160 g/mol. The lowest BCUT2D eigenvalue weighted by molar-refractivity contribution is -0.161. The molecule has 0 rings (SSSR count). The van der Waals surface area contributed by atoms with Crippen molar-refractivity contribution in [1.82, 2.24) is 0 Å². The number of phosphoric acid groups is 2. The molecule has 5 unspecified atom stereocenters. The van der Waals surface area contributed by atoms with Gasteiger partial charge in [-0.05, 0) is 77.0 Å². The molecule has 0 radical (unpaired) electrons. The first-order valence-electron chi connectivity index (χ1n) is 30.9. The number of ether oxygens (including phenoxy) is 3. The van der Waals surface area contributed by atoms with Crippen LogP contribution >= 0.6 is 15.6 Å².